The Balaban J connectivity index is 1.18. The molecule has 1 unspecified atom stereocenters. The fraction of sp³-hybridized carbons (Fsp3) is 0.120. The summed E-state index contributed by atoms with van der Waals surface area (Å²) in [6.45, 7) is 4.55. The molecular weight excluding hydrogens is 696 g/mol. The number of hydrogen-bond acceptors (Lipinski definition) is 5. The molecule has 1 aliphatic carbocycles. The fourth-order valence-electron chi connectivity index (χ4n) is 8.84. The third-order valence-corrected chi connectivity index (χ3v) is 11.5. The molecule has 0 N–H and O–H groups in total. The van der Waals surface area contributed by atoms with E-state index in [1.807, 2.05) is 54.6 Å². The van der Waals surface area contributed by atoms with Gasteiger partial charge in [0.05, 0.1) is 25.4 Å². The molecule has 7 aromatic carbocycles. The highest BCUT2D eigenvalue weighted by atomic mass is 19.1. The van der Waals surface area contributed by atoms with E-state index in [1.54, 1.807) is 26.4 Å². The fourth-order valence-corrected chi connectivity index (χ4v) is 8.84. The lowest BCUT2D eigenvalue weighted by atomic mass is 9.76. The molecule has 0 saturated carbocycles. The molecule has 6 heteroatoms. The second kappa shape index (κ2) is 12.6. The number of aromatic nitrogens is 2. The maximum absolute atomic E-state index is 14.6. The van der Waals surface area contributed by atoms with Crippen molar-refractivity contribution in [2.75, 3.05) is 14.2 Å². The summed E-state index contributed by atoms with van der Waals surface area (Å²) in [6, 6.07) is 45.8. The first-order valence-electron chi connectivity index (χ1n) is 18.7. The van der Waals surface area contributed by atoms with Crippen LogP contribution >= 0.6 is 0 Å². The van der Waals surface area contributed by atoms with E-state index in [0.717, 1.165) is 66.5 Å². The molecule has 0 spiro atoms. The lowest BCUT2D eigenvalue weighted by molar-refractivity contribution is 0.163. The van der Waals surface area contributed by atoms with Gasteiger partial charge in [0.1, 0.15) is 11.6 Å². The van der Waals surface area contributed by atoms with Crippen molar-refractivity contribution in [3.05, 3.63) is 179 Å². The van der Waals surface area contributed by atoms with Crippen LogP contribution in [0, 0.1) is 5.82 Å². The Morgan fingerprint density at radius 3 is 2.00 bits per heavy atom. The van der Waals surface area contributed by atoms with Crippen molar-refractivity contribution in [2.24, 2.45) is 0 Å². The van der Waals surface area contributed by atoms with E-state index in [2.05, 4.69) is 86.7 Å². The van der Waals surface area contributed by atoms with Crippen molar-refractivity contribution in [2.45, 2.75) is 24.9 Å². The van der Waals surface area contributed by atoms with Gasteiger partial charge in [-0.25, -0.2) is 14.4 Å². The molecule has 10 rings (SSSR count). The highest BCUT2D eigenvalue weighted by molar-refractivity contribution is 6.09. The average molecular weight is 733 g/mol. The van der Waals surface area contributed by atoms with Gasteiger partial charge in [0.2, 0.25) is 0 Å². The molecule has 1 atom stereocenters. The van der Waals surface area contributed by atoms with Gasteiger partial charge in [-0.15, -0.1) is 0 Å². The first-order valence-corrected chi connectivity index (χ1v) is 18.7. The largest absolute Gasteiger partial charge is 0.493 e. The van der Waals surface area contributed by atoms with E-state index < -0.39 is 5.60 Å². The summed E-state index contributed by atoms with van der Waals surface area (Å²) in [6.07, 6.45) is 4.31. The van der Waals surface area contributed by atoms with Crippen LogP contribution < -0.4 is 14.2 Å². The molecule has 2 heterocycles. The van der Waals surface area contributed by atoms with Crippen molar-refractivity contribution in [1.82, 2.24) is 9.97 Å². The third-order valence-electron chi connectivity index (χ3n) is 11.5. The van der Waals surface area contributed by atoms with Crippen LogP contribution in [0.5, 0.6) is 17.2 Å². The number of rotatable bonds is 6. The predicted molar refractivity (Wildman–Crippen MR) is 222 cm³/mol. The van der Waals surface area contributed by atoms with E-state index in [9.17, 15) is 4.39 Å². The van der Waals surface area contributed by atoms with E-state index in [-0.39, 0.29) is 11.2 Å². The lowest BCUT2D eigenvalue weighted by Gasteiger charge is -2.38. The van der Waals surface area contributed by atoms with Crippen LogP contribution in [0.2, 0.25) is 0 Å². The highest BCUT2D eigenvalue weighted by Gasteiger charge is 2.44. The lowest BCUT2D eigenvalue weighted by Crippen LogP contribution is -2.35. The summed E-state index contributed by atoms with van der Waals surface area (Å²) in [5.74, 6) is 2.28. The van der Waals surface area contributed by atoms with Crippen LogP contribution in [-0.2, 0) is 11.0 Å². The van der Waals surface area contributed by atoms with Crippen molar-refractivity contribution < 1.29 is 18.6 Å². The normalized spacial score (nSPS) is 16.2. The van der Waals surface area contributed by atoms with E-state index in [4.69, 9.17) is 24.2 Å². The van der Waals surface area contributed by atoms with Crippen molar-refractivity contribution >= 4 is 27.8 Å². The molecule has 8 aromatic rings. The summed E-state index contributed by atoms with van der Waals surface area (Å²) in [4.78, 5) is 10.1. The van der Waals surface area contributed by atoms with Gasteiger partial charge >= 0.3 is 0 Å². The molecule has 0 fully saturated rings. The molecule has 56 heavy (non-hydrogen) atoms. The number of methoxy groups -OCH3 is 2. The van der Waals surface area contributed by atoms with Gasteiger partial charge in [-0.3, -0.25) is 0 Å². The number of ether oxygens (including phenoxy) is 3. The van der Waals surface area contributed by atoms with E-state index >= 15 is 0 Å². The standard InChI is InChI=1S/C50H37FN2O3/c1-49(2)40-16-10-8-14-35(40)44-38-28-42(54-3)43(55-4)29-39(38)47-37(45(44)49)26-27-50(56-47,33-22-24-34(51)25-23-33)32-20-18-31(19-21-32)48-52-41-17-11-9-15-36(41)46(53-48)30-12-6-5-7-13-30/h5-29H,1-4H3. The van der Waals surface area contributed by atoms with Gasteiger partial charge in [-0.2, -0.15) is 0 Å². The zero-order valence-electron chi connectivity index (χ0n) is 31.4. The molecule has 2 aliphatic rings. The Labute approximate surface area is 324 Å². The van der Waals surface area contributed by atoms with E-state index in [0.29, 0.717) is 17.3 Å². The van der Waals surface area contributed by atoms with Gasteiger partial charge < -0.3 is 14.2 Å². The van der Waals surface area contributed by atoms with E-state index in [1.165, 1.54) is 28.8 Å². The number of para-hydroxylation sites is 1. The van der Waals surface area contributed by atoms with Gasteiger partial charge in [0, 0.05) is 44.0 Å². The smallest absolute Gasteiger partial charge is 0.178 e. The van der Waals surface area contributed by atoms with Crippen LogP contribution in [0.3, 0.4) is 0 Å². The first-order chi connectivity index (χ1) is 27.3. The monoisotopic (exact) mass is 732 g/mol. The molecule has 272 valence electrons. The number of nitrogens with zero attached hydrogens (tertiary/aromatic N) is 2. The van der Waals surface area contributed by atoms with Crippen molar-refractivity contribution in [3.8, 4) is 51.0 Å². The summed E-state index contributed by atoms with van der Waals surface area (Å²) < 4.78 is 33.8. The molecule has 0 radical (unpaired) electrons. The quantitative estimate of drug-likeness (QED) is 0.170. The zero-order valence-corrected chi connectivity index (χ0v) is 31.4. The van der Waals surface area contributed by atoms with Crippen molar-refractivity contribution in [3.63, 3.8) is 0 Å². The summed E-state index contributed by atoms with van der Waals surface area (Å²) in [5, 5.41) is 2.90. The van der Waals surface area contributed by atoms with Gasteiger partial charge in [-0.05, 0) is 64.0 Å². The van der Waals surface area contributed by atoms with Gasteiger partial charge in [-0.1, -0.05) is 129 Å². The van der Waals surface area contributed by atoms with Gasteiger partial charge in [0.15, 0.2) is 22.9 Å². The Morgan fingerprint density at radius 1 is 0.625 bits per heavy atom. The number of halogens is 1. The minimum atomic E-state index is -1.11. The average Bonchev–Trinajstić information content (AvgIpc) is 3.49. The summed E-state index contributed by atoms with van der Waals surface area (Å²) in [5.41, 5.74) is 9.69. The number of fused-ring (bicyclic) bond motifs is 9. The Morgan fingerprint density at radius 2 is 1.27 bits per heavy atom. The second-order valence-corrected chi connectivity index (χ2v) is 15.0. The summed E-state index contributed by atoms with van der Waals surface area (Å²) in [7, 11) is 3.31. The molecule has 0 saturated heterocycles. The minimum Gasteiger partial charge on any atom is -0.493 e. The first kappa shape index (κ1) is 33.8. The molecule has 1 aliphatic heterocycles. The Hall–Kier alpha value is -6.79. The molecule has 5 nitrogen and oxygen atoms in total. The van der Waals surface area contributed by atoms with Crippen LogP contribution in [0.1, 0.15) is 41.7 Å². The third kappa shape index (κ3) is 4.98. The van der Waals surface area contributed by atoms with Gasteiger partial charge in [0.25, 0.3) is 0 Å². The SMILES string of the molecule is COc1cc2c3c(c4c(c2cc1OC)-c1ccccc1C4(C)C)C=CC(c1ccc(F)cc1)(c1ccc(-c2nc(-c4ccccc4)c4ccccc4n2)cc1)O3. The molecular formula is C50H37FN2O3. The molecule has 1 aromatic heterocycles. The van der Waals surface area contributed by atoms with Crippen LogP contribution in [0.15, 0.2) is 146 Å². The van der Waals surface area contributed by atoms with Crippen LogP contribution in [0.25, 0.3) is 61.5 Å². The topological polar surface area (TPSA) is 53.5 Å². The summed E-state index contributed by atoms with van der Waals surface area (Å²) >= 11 is 0. The highest BCUT2D eigenvalue weighted by Crippen LogP contribution is 2.59. The molecule has 0 amide bonds. The zero-order chi connectivity index (χ0) is 38.2. The maximum Gasteiger partial charge on any atom is 0.178 e. The number of benzene rings is 7. The molecule has 0 bridgehead atoms. The maximum atomic E-state index is 14.6. The minimum absolute atomic E-state index is 0.318. The Kier molecular flexibility index (Phi) is 7.62. The number of hydrogen-bond donors (Lipinski definition) is 0. The predicted octanol–water partition coefficient (Wildman–Crippen LogP) is 11.9. The van der Waals surface area contributed by atoms with Crippen LogP contribution in [-0.4, -0.2) is 24.2 Å². The van der Waals surface area contributed by atoms with Crippen molar-refractivity contribution in [1.29, 1.82) is 0 Å². The second-order valence-electron chi connectivity index (χ2n) is 15.0. The Bertz CT molecular complexity index is 2880. The van der Waals surface area contributed by atoms with Crippen LogP contribution in [0.4, 0.5) is 4.39 Å².